The van der Waals surface area contributed by atoms with Gasteiger partial charge in [-0.05, 0) is 30.4 Å². The lowest BCUT2D eigenvalue weighted by atomic mass is 9.95. The number of thiophene rings is 1. The molecule has 2 rings (SSSR count). The molecule has 2 heteroatoms. The summed E-state index contributed by atoms with van der Waals surface area (Å²) < 4.78 is 0. The molecule has 1 fully saturated rings. The van der Waals surface area contributed by atoms with E-state index >= 15 is 0 Å². The van der Waals surface area contributed by atoms with Gasteiger partial charge in [0, 0.05) is 10.8 Å². The Hall–Kier alpha value is -0.630. The molecule has 1 saturated carbocycles. The van der Waals surface area contributed by atoms with Gasteiger partial charge < -0.3 is 0 Å². The van der Waals surface area contributed by atoms with E-state index in [1.807, 2.05) is 6.07 Å². The fraction of sp³-hybridized carbons (Fsp3) is 0.643. The number of hydrogen-bond donors (Lipinski definition) is 0. The fourth-order valence-corrected chi connectivity index (χ4v) is 3.35. The summed E-state index contributed by atoms with van der Waals surface area (Å²) in [6.45, 7) is 6.59. The average molecular weight is 236 g/mol. The molecule has 0 atom stereocenters. The zero-order chi connectivity index (χ0) is 11.8. The Balaban J connectivity index is 2.15. The molecule has 0 radical (unpaired) electrons. The Morgan fingerprint density at radius 1 is 1.25 bits per heavy atom. The summed E-state index contributed by atoms with van der Waals surface area (Å²) in [5.74, 6) is 0.699. The third-order valence-electron chi connectivity index (χ3n) is 3.31. The maximum Gasteiger partial charge on any atom is 0.175 e. The van der Waals surface area contributed by atoms with E-state index in [0.29, 0.717) is 11.7 Å². The predicted octanol–water partition coefficient (Wildman–Crippen LogP) is 4.42. The summed E-state index contributed by atoms with van der Waals surface area (Å²) in [7, 11) is 0. The molecule has 0 saturated heterocycles. The smallest absolute Gasteiger partial charge is 0.175 e. The Labute approximate surface area is 102 Å². The van der Waals surface area contributed by atoms with E-state index in [0.717, 1.165) is 17.7 Å². The second-order valence-corrected chi connectivity index (χ2v) is 6.84. The van der Waals surface area contributed by atoms with Gasteiger partial charge in [-0.1, -0.05) is 33.6 Å². The minimum atomic E-state index is 0.166. The highest BCUT2D eigenvalue weighted by atomic mass is 32.1. The number of carbonyl (C=O) groups excluding carboxylic acids is 1. The van der Waals surface area contributed by atoms with E-state index in [2.05, 4.69) is 26.8 Å². The Morgan fingerprint density at radius 3 is 2.38 bits per heavy atom. The van der Waals surface area contributed by atoms with Gasteiger partial charge in [0.2, 0.25) is 0 Å². The van der Waals surface area contributed by atoms with Crippen LogP contribution in [0, 0.1) is 5.92 Å². The van der Waals surface area contributed by atoms with Gasteiger partial charge in [-0.3, -0.25) is 4.79 Å². The van der Waals surface area contributed by atoms with Crippen molar-refractivity contribution in [2.45, 2.75) is 51.9 Å². The molecule has 0 unspecified atom stereocenters. The summed E-state index contributed by atoms with van der Waals surface area (Å²) >= 11 is 1.69. The van der Waals surface area contributed by atoms with Crippen LogP contribution in [0.25, 0.3) is 0 Å². The topological polar surface area (TPSA) is 17.1 Å². The van der Waals surface area contributed by atoms with Crippen LogP contribution in [0.1, 0.15) is 61.0 Å². The van der Waals surface area contributed by atoms with Crippen molar-refractivity contribution in [3.8, 4) is 0 Å². The molecule has 1 aromatic heterocycles. The van der Waals surface area contributed by atoms with Crippen LogP contribution in [-0.4, -0.2) is 5.78 Å². The fourth-order valence-electron chi connectivity index (χ4n) is 2.26. The van der Waals surface area contributed by atoms with Crippen LogP contribution >= 0.6 is 11.3 Å². The third kappa shape index (κ3) is 2.37. The van der Waals surface area contributed by atoms with Crippen LogP contribution in [0.15, 0.2) is 12.1 Å². The molecule has 0 amide bonds. The van der Waals surface area contributed by atoms with Crippen molar-refractivity contribution in [3.05, 3.63) is 21.9 Å². The quantitative estimate of drug-likeness (QED) is 0.695. The summed E-state index contributed by atoms with van der Waals surface area (Å²) in [5.41, 5.74) is 0.166. The highest BCUT2D eigenvalue weighted by Crippen LogP contribution is 2.34. The Kier molecular flexibility index (Phi) is 3.20. The zero-order valence-electron chi connectivity index (χ0n) is 10.4. The highest BCUT2D eigenvalue weighted by molar-refractivity contribution is 7.14. The maximum atomic E-state index is 12.2. The van der Waals surface area contributed by atoms with E-state index in [1.165, 1.54) is 17.7 Å². The molecule has 0 aromatic carbocycles. The molecule has 1 heterocycles. The minimum Gasteiger partial charge on any atom is -0.293 e. The molecule has 0 N–H and O–H groups in total. The first-order chi connectivity index (χ1) is 7.48. The summed E-state index contributed by atoms with van der Waals surface area (Å²) in [4.78, 5) is 14.5. The second-order valence-electron chi connectivity index (χ2n) is 5.76. The normalized spacial score (nSPS) is 17.9. The van der Waals surface area contributed by atoms with Gasteiger partial charge in [0.25, 0.3) is 0 Å². The minimum absolute atomic E-state index is 0.166. The Bertz CT molecular complexity index is 378. The highest BCUT2D eigenvalue weighted by Gasteiger charge is 2.26. The van der Waals surface area contributed by atoms with Crippen molar-refractivity contribution in [2.75, 3.05) is 0 Å². The molecule has 1 nitrogen and oxygen atoms in total. The number of Topliss-reactive ketones (excluding diaryl/α,β-unsaturated/α-hetero) is 1. The van der Waals surface area contributed by atoms with Gasteiger partial charge in [0.1, 0.15) is 0 Å². The van der Waals surface area contributed by atoms with Gasteiger partial charge in [-0.2, -0.15) is 0 Å². The second kappa shape index (κ2) is 4.33. The molecule has 88 valence electrons. The summed E-state index contributed by atoms with van der Waals surface area (Å²) in [6.07, 6.45) is 4.66. The zero-order valence-corrected chi connectivity index (χ0v) is 11.2. The van der Waals surface area contributed by atoms with Crippen LogP contribution in [0.3, 0.4) is 0 Å². The first kappa shape index (κ1) is 11.8. The lowest BCUT2D eigenvalue weighted by Gasteiger charge is -2.15. The van der Waals surface area contributed by atoms with E-state index < -0.39 is 0 Å². The van der Waals surface area contributed by atoms with E-state index in [9.17, 15) is 4.79 Å². The summed E-state index contributed by atoms with van der Waals surface area (Å²) in [5, 5.41) is 0. The van der Waals surface area contributed by atoms with Gasteiger partial charge in [-0.25, -0.2) is 0 Å². The SMILES string of the molecule is CC(C)(C)c1ccc(C(=O)C2CCCC2)s1. The standard InChI is InChI=1S/C14H20OS/c1-14(2,3)12-9-8-11(16-12)13(15)10-6-4-5-7-10/h8-10H,4-7H2,1-3H3. The van der Waals surface area contributed by atoms with Gasteiger partial charge in [0.05, 0.1) is 4.88 Å². The van der Waals surface area contributed by atoms with Gasteiger partial charge in [-0.15, -0.1) is 11.3 Å². The van der Waals surface area contributed by atoms with Crippen LogP contribution in [0.5, 0.6) is 0 Å². The van der Waals surface area contributed by atoms with Gasteiger partial charge >= 0.3 is 0 Å². The number of rotatable bonds is 2. The molecule has 1 aliphatic rings. The van der Waals surface area contributed by atoms with Crippen LogP contribution in [0.2, 0.25) is 0 Å². The van der Waals surface area contributed by atoms with Crippen LogP contribution < -0.4 is 0 Å². The van der Waals surface area contributed by atoms with Gasteiger partial charge in [0.15, 0.2) is 5.78 Å². The van der Waals surface area contributed by atoms with Crippen LogP contribution in [0.4, 0.5) is 0 Å². The van der Waals surface area contributed by atoms with Crippen molar-refractivity contribution in [2.24, 2.45) is 5.92 Å². The third-order valence-corrected chi connectivity index (χ3v) is 4.84. The first-order valence-corrected chi connectivity index (χ1v) is 6.94. The van der Waals surface area contributed by atoms with Crippen LogP contribution in [-0.2, 0) is 5.41 Å². The number of hydrogen-bond acceptors (Lipinski definition) is 2. The van der Waals surface area contributed by atoms with E-state index in [1.54, 1.807) is 11.3 Å². The largest absolute Gasteiger partial charge is 0.293 e. The first-order valence-electron chi connectivity index (χ1n) is 6.13. The molecular formula is C14H20OS. The number of ketones is 1. The van der Waals surface area contributed by atoms with Crippen molar-refractivity contribution in [1.82, 2.24) is 0 Å². The average Bonchev–Trinajstić information content (AvgIpc) is 2.87. The monoisotopic (exact) mass is 236 g/mol. The van der Waals surface area contributed by atoms with Crippen molar-refractivity contribution >= 4 is 17.1 Å². The summed E-state index contributed by atoms with van der Waals surface area (Å²) in [6, 6.07) is 4.14. The maximum absolute atomic E-state index is 12.2. The lowest BCUT2D eigenvalue weighted by Crippen LogP contribution is -2.10. The van der Waals surface area contributed by atoms with Crippen molar-refractivity contribution in [3.63, 3.8) is 0 Å². The molecule has 0 aliphatic heterocycles. The van der Waals surface area contributed by atoms with Crippen molar-refractivity contribution < 1.29 is 4.79 Å². The molecule has 1 aromatic rings. The molecule has 0 spiro atoms. The molecule has 0 bridgehead atoms. The Morgan fingerprint density at radius 2 is 1.88 bits per heavy atom. The number of carbonyl (C=O) groups is 1. The molecule has 1 aliphatic carbocycles. The van der Waals surface area contributed by atoms with E-state index in [4.69, 9.17) is 0 Å². The lowest BCUT2D eigenvalue weighted by molar-refractivity contribution is 0.0927. The molecule has 16 heavy (non-hydrogen) atoms. The predicted molar refractivity (Wildman–Crippen MR) is 69.3 cm³/mol. The molecular weight excluding hydrogens is 216 g/mol. The van der Waals surface area contributed by atoms with E-state index in [-0.39, 0.29) is 5.41 Å². The van der Waals surface area contributed by atoms with Crippen molar-refractivity contribution in [1.29, 1.82) is 0 Å².